The Labute approximate surface area is 150 Å². The third-order valence-corrected chi connectivity index (χ3v) is 4.69. The molecule has 0 saturated carbocycles. The highest BCUT2D eigenvalue weighted by molar-refractivity contribution is 5.80. The maximum Gasteiger partial charge on any atom is 0.193 e. The van der Waals surface area contributed by atoms with Crippen molar-refractivity contribution in [2.24, 2.45) is 4.99 Å². The van der Waals surface area contributed by atoms with Crippen molar-refractivity contribution >= 4 is 5.96 Å². The van der Waals surface area contributed by atoms with Gasteiger partial charge in [0.15, 0.2) is 5.96 Å². The van der Waals surface area contributed by atoms with Crippen LogP contribution in [0, 0.1) is 5.82 Å². The topological polar surface area (TPSA) is 40.1 Å². The van der Waals surface area contributed by atoms with Crippen LogP contribution < -0.4 is 5.32 Å². The first-order valence-corrected chi connectivity index (χ1v) is 9.04. The molecule has 140 valence electrons. The second-order valence-electron chi connectivity index (χ2n) is 6.60. The largest absolute Gasteiger partial charge is 0.378 e. The van der Waals surface area contributed by atoms with Crippen molar-refractivity contribution in [2.75, 3.05) is 47.4 Å². The highest BCUT2D eigenvalue weighted by atomic mass is 19.1. The Balaban J connectivity index is 1.93. The molecule has 0 aliphatic carbocycles. The predicted molar refractivity (Wildman–Crippen MR) is 100 cm³/mol. The molecule has 6 heteroatoms. The maximum atomic E-state index is 13.2. The van der Waals surface area contributed by atoms with Crippen molar-refractivity contribution in [2.45, 2.75) is 31.9 Å². The van der Waals surface area contributed by atoms with E-state index in [1.165, 1.54) is 12.1 Å². The smallest absolute Gasteiger partial charge is 0.193 e. The molecule has 0 amide bonds. The summed E-state index contributed by atoms with van der Waals surface area (Å²) in [5, 5.41) is 3.48. The van der Waals surface area contributed by atoms with Gasteiger partial charge in [-0.05, 0) is 51.6 Å². The summed E-state index contributed by atoms with van der Waals surface area (Å²) in [6.07, 6.45) is 2.43. The molecule has 1 N–H and O–H groups in total. The molecule has 1 aromatic rings. The molecule has 1 saturated heterocycles. The normalized spacial score (nSPS) is 17.8. The number of halogens is 1. The average molecular weight is 350 g/mol. The molecule has 0 radical (unpaired) electrons. The van der Waals surface area contributed by atoms with Crippen molar-refractivity contribution in [3.8, 4) is 0 Å². The molecule has 25 heavy (non-hydrogen) atoms. The van der Waals surface area contributed by atoms with Crippen LogP contribution in [0.1, 0.15) is 31.4 Å². The second kappa shape index (κ2) is 9.73. The van der Waals surface area contributed by atoms with Crippen LogP contribution in [0.15, 0.2) is 29.3 Å². The monoisotopic (exact) mass is 350 g/mol. The van der Waals surface area contributed by atoms with Gasteiger partial charge in [0.05, 0.1) is 12.1 Å². The number of hydrogen-bond donors (Lipinski definition) is 1. The van der Waals surface area contributed by atoms with Gasteiger partial charge in [0, 0.05) is 33.3 Å². The lowest BCUT2D eigenvalue weighted by atomic mass is 10.1. The standard InChI is InChI=1S/C19H31FN4O/c1-5-25-17-10-12-24(13-11-17)19(21-2)22-14-18(23(3)4)15-6-8-16(20)9-7-15/h6-9,17-18H,5,10-14H2,1-4H3,(H,21,22). The van der Waals surface area contributed by atoms with Crippen LogP contribution in [0.3, 0.4) is 0 Å². The fourth-order valence-corrected chi connectivity index (χ4v) is 3.27. The minimum Gasteiger partial charge on any atom is -0.378 e. The van der Waals surface area contributed by atoms with Crippen LogP contribution in [-0.4, -0.2) is 69.2 Å². The minimum atomic E-state index is -0.206. The zero-order valence-corrected chi connectivity index (χ0v) is 15.8. The number of aliphatic imine (C=N–C) groups is 1. The van der Waals surface area contributed by atoms with Gasteiger partial charge < -0.3 is 19.9 Å². The number of piperidine rings is 1. The van der Waals surface area contributed by atoms with Crippen molar-refractivity contribution in [1.82, 2.24) is 15.1 Å². The molecular weight excluding hydrogens is 319 g/mol. The highest BCUT2D eigenvalue weighted by Crippen LogP contribution is 2.18. The zero-order chi connectivity index (χ0) is 18.2. The van der Waals surface area contributed by atoms with Crippen molar-refractivity contribution in [3.63, 3.8) is 0 Å². The van der Waals surface area contributed by atoms with Crippen LogP contribution in [0.5, 0.6) is 0 Å². The van der Waals surface area contributed by atoms with Gasteiger partial charge in [-0.2, -0.15) is 0 Å². The molecular formula is C19H31FN4O. The van der Waals surface area contributed by atoms with Gasteiger partial charge in [0.25, 0.3) is 0 Å². The van der Waals surface area contributed by atoms with Crippen LogP contribution in [-0.2, 0) is 4.74 Å². The quantitative estimate of drug-likeness (QED) is 0.632. The Morgan fingerprint density at radius 1 is 1.32 bits per heavy atom. The molecule has 1 unspecified atom stereocenters. The first-order chi connectivity index (χ1) is 12.0. The Kier molecular flexibility index (Phi) is 7.65. The van der Waals surface area contributed by atoms with E-state index in [2.05, 4.69) is 20.1 Å². The number of benzene rings is 1. The average Bonchev–Trinajstić information content (AvgIpc) is 2.61. The van der Waals surface area contributed by atoms with Crippen molar-refractivity contribution in [1.29, 1.82) is 0 Å². The van der Waals surface area contributed by atoms with E-state index in [-0.39, 0.29) is 11.9 Å². The van der Waals surface area contributed by atoms with Gasteiger partial charge in [-0.15, -0.1) is 0 Å². The molecule has 1 aliphatic rings. The SMILES string of the molecule is CCOC1CCN(C(=NC)NCC(c2ccc(F)cc2)N(C)C)CC1. The van der Waals surface area contributed by atoms with E-state index in [4.69, 9.17) is 4.74 Å². The molecule has 1 aromatic carbocycles. The van der Waals surface area contributed by atoms with E-state index >= 15 is 0 Å². The summed E-state index contributed by atoms with van der Waals surface area (Å²) in [4.78, 5) is 8.85. The first kappa shape index (κ1) is 19.7. The molecule has 2 rings (SSSR count). The van der Waals surface area contributed by atoms with E-state index in [0.717, 1.165) is 50.6 Å². The maximum absolute atomic E-state index is 13.2. The number of guanidine groups is 1. The summed E-state index contributed by atoms with van der Waals surface area (Å²) >= 11 is 0. The molecule has 0 aromatic heterocycles. The second-order valence-corrected chi connectivity index (χ2v) is 6.60. The summed E-state index contributed by atoms with van der Waals surface area (Å²) in [6.45, 7) is 5.45. The number of ether oxygens (including phenoxy) is 1. The van der Waals surface area contributed by atoms with Gasteiger partial charge in [-0.25, -0.2) is 4.39 Å². The lowest BCUT2D eigenvalue weighted by Crippen LogP contribution is -2.48. The molecule has 0 spiro atoms. The van der Waals surface area contributed by atoms with Crippen LogP contribution in [0.25, 0.3) is 0 Å². The van der Waals surface area contributed by atoms with E-state index in [1.54, 1.807) is 0 Å². The lowest BCUT2D eigenvalue weighted by Gasteiger charge is -2.35. The Bertz CT molecular complexity index is 539. The number of nitrogens with zero attached hydrogens (tertiary/aromatic N) is 3. The van der Waals surface area contributed by atoms with Gasteiger partial charge in [0.1, 0.15) is 5.82 Å². The molecule has 1 aliphatic heterocycles. The Morgan fingerprint density at radius 2 is 1.96 bits per heavy atom. The number of likely N-dealkylation sites (tertiary alicyclic amines) is 1. The summed E-state index contributed by atoms with van der Waals surface area (Å²) in [7, 11) is 5.89. The summed E-state index contributed by atoms with van der Waals surface area (Å²) in [5.74, 6) is 0.714. The molecule has 1 heterocycles. The molecule has 5 nitrogen and oxygen atoms in total. The van der Waals surface area contributed by atoms with Gasteiger partial charge in [0.2, 0.25) is 0 Å². The third-order valence-electron chi connectivity index (χ3n) is 4.69. The van der Waals surface area contributed by atoms with E-state index in [9.17, 15) is 4.39 Å². The van der Waals surface area contributed by atoms with Gasteiger partial charge in [-0.3, -0.25) is 4.99 Å². The van der Waals surface area contributed by atoms with Crippen LogP contribution in [0.2, 0.25) is 0 Å². The Morgan fingerprint density at radius 3 is 2.48 bits per heavy atom. The van der Waals surface area contributed by atoms with E-state index in [0.29, 0.717) is 6.10 Å². The zero-order valence-electron chi connectivity index (χ0n) is 15.8. The lowest BCUT2D eigenvalue weighted by molar-refractivity contribution is 0.0263. The minimum absolute atomic E-state index is 0.151. The number of rotatable bonds is 6. The first-order valence-electron chi connectivity index (χ1n) is 9.04. The van der Waals surface area contributed by atoms with E-state index < -0.39 is 0 Å². The summed E-state index contributed by atoms with van der Waals surface area (Å²) < 4.78 is 18.9. The van der Waals surface area contributed by atoms with Crippen LogP contribution in [0.4, 0.5) is 4.39 Å². The van der Waals surface area contributed by atoms with E-state index in [1.807, 2.05) is 40.2 Å². The molecule has 0 bridgehead atoms. The van der Waals surface area contributed by atoms with Crippen LogP contribution >= 0.6 is 0 Å². The number of likely N-dealkylation sites (N-methyl/N-ethyl adjacent to an activating group) is 1. The van der Waals surface area contributed by atoms with Crippen molar-refractivity contribution < 1.29 is 9.13 Å². The number of nitrogens with one attached hydrogen (secondary N) is 1. The molecule has 1 atom stereocenters. The van der Waals surface area contributed by atoms with Gasteiger partial charge >= 0.3 is 0 Å². The number of hydrogen-bond acceptors (Lipinski definition) is 3. The third kappa shape index (κ3) is 5.68. The summed E-state index contributed by atoms with van der Waals surface area (Å²) in [5.41, 5.74) is 1.09. The summed E-state index contributed by atoms with van der Waals surface area (Å²) in [6, 6.07) is 6.87. The Hall–Kier alpha value is -1.66. The highest BCUT2D eigenvalue weighted by Gasteiger charge is 2.22. The molecule has 1 fully saturated rings. The fraction of sp³-hybridized carbons (Fsp3) is 0.632. The van der Waals surface area contributed by atoms with Crippen molar-refractivity contribution in [3.05, 3.63) is 35.6 Å². The van der Waals surface area contributed by atoms with Gasteiger partial charge in [-0.1, -0.05) is 12.1 Å². The fourth-order valence-electron chi connectivity index (χ4n) is 3.27. The predicted octanol–water partition coefficient (Wildman–Crippen LogP) is 2.50.